The maximum absolute atomic E-state index is 10.9. The minimum atomic E-state index is -0.475. The Bertz CT molecular complexity index is 643. The standard InChI is InChI=1S/C12H8ClN3O2/c13-10-4-3-9(12(6-10)16(17)18)8-15-5-1-2-11(15)7-14/h1-6H,8H2. The first-order chi connectivity index (χ1) is 8.61. The lowest BCUT2D eigenvalue weighted by molar-refractivity contribution is -0.385. The molecule has 5 nitrogen and oxygen atoms in total. The van der Waals surface area contributed by atoms with E-state index >= 15 is 0 Å². The average Bonchev–Trinajstić information content (AvgIpc) is 2.78. The molecule has 6 heteroatoms. The van der Waals surface area contributed by atoms with Crippen LogP contribution in [-0.4, -0.2) is 9.49 Å². The molecule has 0 bridgehead atoms. The molecule has 0 aliphatic heterocycles. The molecule has 0 N–H and O–H groups in total. The van der Waals surface area contributed by atoms with E-state index in [9.17, 15) is 10.1 Å². The average molecular weight is 262 g/mol. The fourth-order valence-electron chi connectivity index (χ4n) is 1.68. The molecule has 0 saturated carbocycles. The Kier molecular flexibility index (Phi) is 3.31. The summed E-state index contributed by atoms with van der Waals surface area (Å²) in [4.78, 5) is 10.5. The third kappa shape index (κ3) is 2.34. The van der Waals surface area contributed by atoms with Gasteiger partial charge in [0, 0.05) is 22.8 Å². The summed E-state index contributed by atoms with van der Waals surface area (Å²) in [7, 11) is 0. The molecule has 0 amide bonds. The lowest BCUT2D eigenvalue weighted by Gasteiger charge is -2.06. The van der Waals surface area contributed by atoms with Crippen LogP contribution in [0.3, 0.4) is 0 Å². The minimum Gasteiger partial charge on any atom is -0.335 e. The molecule has 0 unspecified atom stereocenters. The molecule has 90 valence electrons. The van der Waals surface area contributed by atoms with Gasteiger partial charge >= 0.3 is 0 Å². The lowest BCUT2D eigenvalue weighted by Crippen LogP contribution is -2.03. The van der Waals surface area contributed by atoms with Gasteiger partial charge in [0.1, 0.15) is 11.8 Å². The van der Waals surface area contributed by atoms with Gasteiger partial charge in [-0.25, -0.2) is 0 Å². The van der Waals surface area contributed by atoms with Gasteiger partial charge < -0.3 is 4.57 Å². The number of hydrogen-bond acceptors (Lipinski definition) is 3. The van der Waals surface area contributed by atoms with Gasteiger partial charge in [-0.05, 0) is 24.3 Å². The monoisotopic (exact) mass is 261 g/mol. The van der Waals surface area contributed by atoms with Crippen molar-refractivity contribution in [2.45, 2.75) is 6.54 Å². The van der Waals surface area contributed by atoms with Crippen LogP contribution in [0.25, 0.3) is 0 Å². The van der Waals surface area contributed by atoms with Crippen molar-refractivity contribution in [3.05, 3.63) is 62.9 Å². The molecule has 1 aromatic heterocycles. The molecular weight excluding hydrogens is 254 g/mol. The van der Waals surface area contributed by atoms with Crippen molar-refractivity contribution in [2.24, 2.45) is 0 Å². The maximum atomic E-state index is 10.9. The highest BCUT2D eigenvalue weighted by Crippen LogP contribution is 2.24. The number of benzene rings is 1. The number of rotatable bonds is 3. The van der Waals surface area contributed by atoms with E-state index in [1.54, 1.807) is 35.0 Å². The van der Waals surface area contributed by atoms with Gasteiger partial charge in [0.25, 0.3) is 5.69 Å². The van der Waals surface area contributed by atoms with Gasteiger partial charge in [-0.1, -0.05) is 11.6 Å². The van der Waals surface area contributed by atoms with E-state index in [-0.39, 0.29) is 12.2 Å². The molecule has 0 aliphatic rings. The zero-order valence-corrected chi connectivity index (χ0v) is 9.96. The first-order valence-corrected chi connectivity index (χ1v) is 5.47. The topological polar surface area (TPSA) is 71.9 Å². The SMILES string of the molecule is N#Cc1cccn1Cc1ccc(Cl)cc1[N+](=O)[O-]. The number of nitrogens with zero attached hydrogens (tertiary/aromatic N) is 3. The Morgan fingerprint density at radius 3 is 2.89 bits per heavy atom. The predicted octanol–water partition coefficient (Wildman–Crippen LogP) is 2.97. The molecular formula is C12H8ClN3O2. The largest absolute Gasteiger partial charge is 0.335 e. The third-order valence-corrected chi connectivity index (χ3v) is 2.76. The fraction of sp³-hybridized carbons (Fsp3) is 0.0833. The van der Waals surface area contributed by atoms with E-state index in [1.807, 2.05) is 6.07 Å². The molecule has 1 aromatic carbocycles. The summed E-state index contributed by atoms with van der Waals surface area (Å²) >= 11 is 5.74. The van der Waals surface area contributed by atoms with Gasteiger partial charge in [-0.2, -0.15) is 5.26 Å². The second-order valence-corrected chi connectivity index (χ2v) is 4.10. The van der Waals surface area contributed by atoms with E-state index < -0.39 is 4.92 Å². The normalized spacial score (nSPS) is 10.0. The van der Waals surface area contributed by atoms with E-state index in [0.29, 0.717) is 16.3 Å². The van der Waals surface area contributed by atoms with Crippen LogP contribution in [0.1, 0.15) is 11.3 Å². The van der Waals surface area contributed by atoms with E-state index in [1.165, 1.54) is 6.07 Å². The summed E-state index contributed by atoms with van der Waals surface area (Å²) in [5, 5.41) is 20.1. The highest BCUT2D eigenvalue weighted by Gasteiger charge is 2.15. The molecule has 0 aliphatic carbocycles. The molecule has 0 saturated heterocycles. The Labute approximate surface area is 108 Å². The van der Waals surface area contributed by atoms with Crippen molar-refractivity contribution in [3.8, 4) is 6.07 Å². The van der Waals surface area contributed by atoms with Crippen LogP contribution in [0.15, 0.2) is 36.5 Å². The van der Waals surface area contributed by atoms with Crippen LogP contribution in [-0.2, 0) is 6.54 Å². The van der Waals surface area contributed by atoms with Crippen molar-refractivity contribution in [1.29, 1.82) is 5.26 Å². The van der Waals surface area contributed by atoms with E-state index in [4.69, 9.17) is 16.9 Å². The number of nitro groups is 1. The van der Waals surface area contributed by atoms with Crippen molar-refractivity contribution in [1.82, 2.24) is 4.57 Å². The highest BCUT2D eigenvalue weighted by molar-refractivity contribution is 6.30. The van der Waals surface area contributed by atoms with E-state index in [2.05, 4.69) is 0 Å². The van der Waals surface area contributed by atoms with Crippen molar-refractivity contribution < 1.29 is 4.92 Å². The second kappa shape index (κ2) is 4.90. The molecule has 0 radical (unpaired) electrons. The Morgan fingerprint density at radius 2 is 2.22 bits per heavy atom. The van der Waals surface area contributed by atoms with Crippen molar-refractivity contribution in [2.75, 3.05) is 0 Å². The van der Waals surface area contributed by atoms with Crippen LogP contribution < -0.4 is 0 Å². The number of nitriles is 1. The maximum Gasteiger partial charge on any atom is 0.275 e. The molecule has 2 rings (SSSR count). The molecule has 18 heavy (non-hydrogen) atoms. The van der Waals surface area contributed by atoms with Crippen LogP contribution >= 0.6 is 11.6 Å². The summed E-state index contributed by atoms with van der Waals surface area (Å²) in [6.45, 7) is 0.267. The summed E-state index contributed by atoms with van der Waals surface area (Å²) < 4.78 is 1.65. The highest BCUT2D eigenvalue weighted by atomic mass is 35.5. The Hall–Kier alpha value is -2.32. The number of hydrogen-bond donors (Lipinski definition) is 0. The molecule has 2 aromatic rings. The molecule has 0 atom stereocenters. The van der Waals surface area contributed by atoms with E-state index in [0.717, 1.165) is 0 Å². The smallest absolute Gasteiger partial charge is 0.275 e. The van der Waals surface area contributed by atoms with Crippen LogP contribution in [0.4, 0.5) is 5.69 Å². The zero-order valence-electron chi connectivity index (χ0n) is 9.21. The van der Waals surface area contributed by atoms with Crippen LogP contribution in [0.5, 0.6) is 0 Å². The molecule has 1 heterocycles. The second-order valence-electron chi connectivity index (χ2n) is 3.66. The summed E-state index contributed by atoms with van der Waals surface area (Å²) in [6, 6.07) is 9.91. The number of aromatic nitrogens is 1. The van der Waals surface area contributed by atoms with Crippen molar-refractivity contribution in [3.63, 3.8) is 0 Å². The van der Waals surface area contributed by atoms with Crippen LogP contribution in [0, 0.1) is 21.4 Å². The summed E-state index contributed by atoms with van der Waals surface area (Å²) in [6.07, 6.45) is 1.71. The minimum absolute atomic E-state index is 0.0416. The van der Waals surface area contributed by atoms with Gasteiger partial charge in [-0.3, -0.25) is 10.1 Å². The lowest BCUT2D eigenvalue weighted by atomic mass is 10.2. The number of halogens is 1. The van der Waals surface area contributed by atoms with Gasteiger partial charge in [-0.15, -0.1) is 0 Å². The Morgan fingerprint density at radius 1 is 1.44 bits per heavy atom. The van der Waals surface area contributed by atoms with Gasteiger partial charge in [0.2, 0.25) is 0 Å². The summed E-state index contributed by atoms with van der Waals surface area (Å²) in [5.74, 6) is 0. The Balaban J connectivity index is 2.41. The first kappa shape index (κ1) is 12.1. The van der Waals surface area contributed by atoms with Gasteiger partial charge in [0.15, 0.2) is 0 Å². The molecule has 0 fully saturated rings. The molecule has 0 spiro atoms. The summed E-state index contributed by atoms with van der Waals surface area (Å²) in [5.41, 5.74) is 0.927. The number of nitro benzene ring substituents is 1. The van der Waals surface area contributed by atoms with Crippen molar-refractivity contribution >= 4 is 17.3 Å². The van der Waals surface area contributed by atoms with Crippen LogP contribution in [0.2, 0.25) is 5.02 Å². The quantitative estimate of drug-likeness (QED) is 0.630. The fourth-order valence-corrected chi connectivity index (χ4v) is 1.84. The van der Waals surface area contributed by atoms with Gasteiger partial charge in [0.05, 0.1) is 11.5 Å². The third-order valence-electron chi connectivity index (χ3n) is 2.53. The predicted molar refractivity (Wildman–Crippen MR) is 66.4 cm³/mol. The zero-order chi connectivity index (χ0) is 13.1. The first-order valence-electron chi connectivity index (χ1n) is 5.10.